The van der Waals surface area contributed by atoms with Crippen LogP contribution in [0.25, 0.3) is 10.9 Å². The third-order valence-corrected chi connectivity index (χ3v) is 3.76. The summed E-state index contributed by atoms with van der Waals surface area (Å²) in [4.78, 5) is 11.7. The summed E-state index contributed by atoms with van der Waals surface area (Å²) in [5, 5.41) is 3.12. The zero-order chi connectivity index (χ0) is 15.5. The minimum atomic E-state index is -0.289. The molecule has 4 heteroatoms. The van der Waals surface area contributed by atoms with Crippen LogP contribution in [0.4, 0.5) is 4.39 Å². The SMILES string of the molecule is CNC(=O)Cc1cn(Cc2ccccc2)c2cccc(F)c12. The summed E-state index contributed by atoms with van der Waals surface area (Å²) in [6, 6.07) is 15.0. The molecule has 3 nitrogen and oxygen atoms in total. The second kappa shape index (κ2) is 6.02. The topological polar surface area (TPSA) is 34.0 Å². The van der Waals surface area contributed by atoms with Crippen LogP contribution >= 0.6 is 0 Å². The van der Waals surface area contributed by atoms with Gasteiger partial charge in [-0.3, -0.25) is 4.79 Å². The van der Waals surface area contributed by atoms with Gasteiger partial charge in [0.15, 0.2) is 0 Å². The van der Waals surface area contributed by atoms with Gasteiger partial charge in [-0.15, -0.1) is 0 Å². The van der Waals surface area contributed by atoms with Crippen molar-refractivity contribution in [3.05, 3.63) is 71.7 Å². The van der Waals surface area contributed by atoms with Crippen LogP contribution < -0.4 is 5.32 Å². The van der Waals surface area contributed by atoms with Crippen molar-refractivity contribution in [2.24, 2.45) is 0 Å². The van der Waals surface area contributed by atoms with E-state index in [2.05, 4.69) is 5.32 Å². The van der Waals surface area contributed by atoms with E-state index in [0.717, 1.165) is 11.1 Å². The average molecular weight is 296 g/mol. The molecule has 112 valence electrons. The van der Waals surface area contributed by atoms with Crippen LogP contribution in [0.15, 0.2) is 54.7 Å². The summed E-state index contributed by atoms with van der Waals surface area (Å²) in [5.41, 5.74) is 2.65. The van der Waals surface area contributed by atoms with Gasteiger partial charge in [-0.2, -0.15) is 0 Å². The minimum Gasteiger partial charge on any atom is -0.359 e. The molecule has 22 heavy (non-hydrogen) atoms. The zero-order valence-electron chi connectivity index (χ0n) is 12.3. The molecule has 3 rings (SSSR count). The summed E-state index contributed by atoms with van der Waals surface area (Å²) >= 11 is 0. The van der Waals surface area contributed by atoms with Crippen molar-refractivity contribution in [1.29, 1.82) is 0 Å². The number of halogens is 1. The second-order valence-electron chi connectivity index (χ2n) is 5.25. The van der Waals surface area contributed by atoms with E-state index in [-0.39, 0.29) is 18.1 Å². The standard InChI is InChI=1S/C18H17FN2O/c1-20-17(22)10-14-12-21(11-13-6-3-2-4-7-13)16-9-5-8-15(19)18(14)16/h2-9,12H,10-11H2,1H3,(H,20,22). The Morgan fingerprint density at radius 1 is 1.14 bits per heavy atom. The van der Waals surface area contributed by atoms with Gasteiger partial charge in [-0.05, 0) is 23.3 Å². The molecule has 0 spiro atoms. The summed E-state index contributed by atoms with van der Waals surface area (Å²) in [5.74, 6) is -0.412. The van der Waals surface area contributed by atoms with Crippen LogP contribution in [0.5, 0.6) is 0 Å². The van der Waals surface area contributed by atoms with Crippen LogP contribution in [0, 0.1) is 5.82 Å². The Bertz CT molecular complexity index is 809. The first-order valence-electron chi connectivity index (χ1n) is 7.20. The normalized spacial score (nSPS) is 10.8. The fraction of sp³-hybridized carbons (Fsp3) is 0.167. The van der Waals surface area contributed by atoms with Gasteiger partial charge in [0.2, 0.25) is 5.91 Å². The molecule has 0 saturated heterocycles. The lowest BCUT2D eigenvalue weighted by molar-refractivity contribution is -0.119. The van der Waals surface area contributed by atoms with E-state index in [0.29, 0.717) is 17.5 Å². The van der Waals surface area contributed by atoms with E-state index in [1.807, 2.05) is 47.2 Å². The van der Waals surface area contributed by atoms with E-state index in [1.54, 1.807) is 13.1 Å². The van der Waals surface area contributed by atoms with E-state index >= 15 is 0 Å². The number of fused-ring (bicyclic) bond motifs is 1. The van der Waals surface area contributed by atoms with Crippen molar-refractivity contribution in [3.63, 3.8) is 0 Å². The lowest BCUT2D eigenvalue weighted by Gasteiger charge is -2.05. The van der Waals surface area contributed by atoms with Gasteiger partial charge in [0.05, 0.1) is 11.9 Å². The molecule has 1 N–H and O–H groups in total. The largest absolute Gasteiger partial charge is 0.359 e. The monoisotopic (exact) mass is 296 g/mol. The number of hydrogen-bond acceptors (Lipinski definition) is 1. The fourth-order valence-corrected chi connectivity index (χ4v) is 2.70. The number of aromatic nitrogens is 1. The van der Waals surface area contributed by atoms with Crippen molar-refractivity contribution < 1.29 is 9.18 Å². The number of amides is 1. The number of carbonyl (C=O) groups is 1. The number of carbonyl (C=O) groups excluding carboxylic acids is 1. The maximum atomic E-state index is 14.2. The summed E-state index contributed by atoms with van der Waals surface area (Å²) < 4.78 is 16.2. The van der Waals surface area contributed by atoms with Crippen molar-refractivity contribution >= 4 is 16.8 Å². The molecule has 0 unspecified atom stereocenters. The highest BCUT2D eigenvalue weighted by molar-refractivity contribution is 5.89. The van der Waals surface area contributed by atoms with Crippen LogP contribution in [0.1, 0.15) is 11.1 Å². The molecule has 0 radical (unpaired) electrons. The number of hydrogen-bond donors (Lipinski definition) is 1. The Kier molecular flexibility index (Phi) is 3.92. The van der Waals surface area contributed by atoms with Crippen LogP contribution in [0.2, 0.25) is 0 Å². The molecular formula is C18H17FN2O. The summed E-state index contributed by atoms with van der Waals surface area (Å²) in [6.45, 7) is 0.647. The smallest absolute Gasteiger partial charge is 0.224 e. The third kappa shape index (κ3) is 2.72. The maximum Gasteiger partial charge on any atom is 0.224 e. The highest BCUT2D eigenvalue weighted by atomic mass is 19.1. The molecular weight excluding hydrogens is 279 g/mol. The molecule has 0 aliphatic carbocycles. The second-order valence-corrected chi connectivity index (χ2v) is 5.25. The molecule has 2 aromatic carbocycles. The molecule has 3 aromatic rings. The molecule has 0 aliphatic rings. The van der Waals surface area contributed by atoms with Gasteiger partial charge in [0, 0.05) is 25.2 Å². The lowest BCUT2D eigenvalue weighted by atomic mass is 10.1. The van der Waals surface area contributed by atoms with Gasteiger partial charge in [0.1, 0.15) is 5.82 Å². The fourth-order valence-electron chi connectivity index (χ4n) is 2.70. The Hall–Kier alpha value is -2.62. The van der Waals surface area contributed by atoms with E-state index in [4.69, 9.17) is 0 Å². The van der Waals surface area contributed by atoms with Gasteiger partial charge in [0.25, 0.3) is 0 Å². The number of nitrogens with zero attached hydrogens (tertiary/aromatic N) is 1. The quantitative estimate of drug-likeness (QED) is 0.788. The Morgan fingerprint density at radius 3 is 2.64 bits per heavy atom. The molecule has 0 saturated carbocycles. The van der Waals surface area contributed by atoms with E-state index < -0.39 is 0 Å². The van der Waals surface area contributed by atoms with Crippen molar-refractivity contribution in [2.75, 3.05) is 7.05 Å². The third-order valence-electron chi connectivity index (χ3n) is 3.76. The molecule has 1 amide bonds. The van der Waals surface area contributed by atoms with Gasteiger partial charge < -0.3 is 9.88 Å². The van der Waals surface area contributed by atoms with Crippen LogP contribution in [-0.4, -0.2) is 17.5 Å². The van der Waals surface area contributed by atoms with Crippen molar-refractivity contribution in [2.45, 2.75) is 13.0 Å². The number of rotatable bonds is 4. The maximum absolute atomic E-state index is 14.2. The molecule has 0 aliphatic heterocycles. The lowest BCUT2D eigenvalue weighted by Crippen LogP contribution is -2.19. The number of likely N-dealkylation sites (N-methyl/N-ethyl adjacent to an activating group) is 1. The predicted molar refractivity (Wildman–Crippen MR) is 85.2 cm³/mol. The zero-order valence-corrected chi connectivity index (χ0v) is 12.3. The first-order chi connectivity index (χ1) is 10.7. The van der Waals surface area contributed by atoms with E-state index in [9.17, 15) is 9.18 Å². The number of nitrogens with one attached hydrogen (secondary N) is 1. The predicted octanol–water partition coefficient (Wildman–Crippen LogP) is 3.12. The summed E-state index contributed by atoms with van der Waals surface area (Å²) in [7, 11) is 1.59. The van der Waals surface area contributed by atoms with E-state index in [1.165, 1.54) is 6.07 Å². The highest BCUT2D eigenvalue weighted by Gasteiger charge is 2.14. The average Bonchev–Trinajstić information content (AvgIpc) is 2.87. The first kappa shape index (κ1) is 14.3. The van der Waals surface area contributed by atoms with Crippen molar-refractivity contribution in [1.82, 2.24) is 9.88 Å². The number of benzene rings is 2. The van der Waals surface area contributed by atoms with Gasteiger partial charge in [-0.25, -0.2) is 4.39 Å². The van der Waals surface area contributed by atoms with Crippen LogP contribution in [0.3, 0.4) is 0 Å². The van der Waals surface area contributed by atoms with Crippen molar-refractivity contribution in [3.8, 4) is 0 Å². The Morgan fingerprint density at radius 2 is 1.91 bits per heavy atom. The molecule has 1 aromatic heterocycles. The highest BCUT2D eigenvalue weighted by Crippen LogP contribution is 2.25. The van der Waals surface area contributed by atoms with Crippen LogP contribution in [-0.2, 0) is 17.8 Å². The molecule has 0 atom stereocenters. The first-order valence-corrected chi connectivity index (χ1v) is 7.20. The molecule has 0 bridgehead atoms. The molecule has 1 heterocycles. The Labute approximate surface area is 128 Å². The minimum absolute atomic E-state index is 0.123. The Balaban J connectivity index is 2.07. The molecule has 0 fully saturated rings. The van der Waals surface area contributed by atoms with Gasteiger partial charge >= 0.3 is 0 Å². The van der Waals surface area contributed by atoms with Gasteiger partial charge in [-0.1, -0.05) is 36.4 Å². The summed E-state index contributed by atoms with van der Waals surface area (Å²) in [6.07, 6.45) is 2.05.